The number of hydrogen-bond acceptors (Lipinski definition) is 6. The maximum absolute atomic E-state index is 12.9. The second-order valence-electron chi connectivity index (χ2n) is 9.93. The lowest BCUT2D eigenvalue weighted by Crippen LogP contribution is -2.36. The highest BCUT2D eigenvalue weighted by Crippen LogP contribution is 2.33. The van der Waals surface area contributed by atoms with E-state index in [1.165, 1.54) is 0 Å². The fourth-order valence-corrected chi connectivity index (χ4v) is 4.52. The fourth-order valence-electron chi connectivity index (χ4n) is 4.52. The number of benzene rings is 1. The number of anilines is 1. The Balaban J connectivity index is 1.36. The summed E-state index contributed by atoms with van der Waals surface area (Å²) in [6, 6.07) is 5.36. The summed E-state index contributed by atoms with van der Waals surface area (Å²) in [5, 5.41) is 8.28. The van der Waals surface area contributed by atoms with Crippen molar-refractivity contribution in [2.24, 2.45) is 7.05 Å². The molecule has 1 aromatic carbocycles. The van der Waals surface area contributed by atoms with E-state index in [2.05, 4.69) is 20.4 Å². The molecule has 1 atom stereocenters. The van der Waals surface area contributed by atoms with Crippen LogP contribution in [-0.4, -0.2) is 53.2 Å². The predicted octanol–water partition coefficient (Wildman–Crippen LogP) is 4.25. The van der Waals surface area contributed by atoms with Crippen LogP contribution in [-0.2, 0) is 11.8 Å². The van der Waals surface area contributed by atoms with E-state index in [0.29, 0.717) is 23.6 Å². The van der Waals surface area contributed by atoms with E-state index >= 15 is 0 Å². The summed E-state index contributed by atoms with van der Waals surface area (Å²) in [6.07, 6.45) is 6.59. The van der Waals surface area contributed by atoms with Crippen LogP contribution in [0.4, 0.5) is 10.6 Å². The van der Waals surface area contributed by atoms with Gasteiger partial charge in [-0.25, -0.2) is 14.8 Å². The number of fused-ring (bicyclic) bond motifs is 2. The van der Waals surface area contributed by atoms with E-state index in [0.717, 1.165) is 35.1 Å². The minimum absolute atomic E-state index is 0.156. The quantitative estimate of drug-likeness (QED) is 0.475. The van der Waals surface area contributed by atoms with Crippen LogP contribution in [0.2, 0.25) is 0 Å². The van der Waals surface area contributed by atoms with Gasteiger partial charge in [-0.05, 0) is 52.7 Å². The first-order valence-corrected chi connectivity index (χ1v) is 11.7. The van der Waals surface area contributed by atoms with Crippen molar-refractivity contribution < 1.29 is 14.3 Å². The van der Waals surface area contributed by atoms with E-state index in [1.54, 1.807) is 28.0 Å². The molecule has 0 aliphatic carbocycles. The average molecular weight is 476 g/mol. The first kappa shape index (κ1) is 22.8. The molecule has 1 saturated heterocycles. The number of ether oxygens (including phenoxy) is 1. The molecule has 0 saturated carbocycles. The van der Waals surface area contributed by atoms with Gasteiger partial charge in [0, 0.05) is 30.7 Å². The molecule has 1 N–H and O–H groups in total. The number of amides is 2. The van der Waals surface area contributed by atoms with Gasteiger partial charge in [0.05, 0.1) is 35.3 Å². The van der Waals surface area contributed by atoms with Gasteiger partial charge < -0.3 is 14.5 Å². The molecule has 1 aliphatic rings. The van der Waals surface area contributed by atoms with Crippen molar-refractivity contribution in [1.82, 2.24) is 29.0 Å². The standard InChI is InChI=1S/C25H29N7O3/c1-15-17-9-8-16(11-20(17)30(5)29-15)23(33)28-21-14-31-13-18(27-22(31)12-26-21)19-7-6-10-32(19)24(34)35-25(2,3)4/h8-9,11-14,19H,6-7,10H2,1-5H3,(H,28,33)/t19-/m1/s1. The van der Waals surface area contributed by atoms with Crippen molar-refractivity contribution in [3.63, 3.8) is 0 Å². The smallest absolute Gasteiger partial charge is 0.410 e. The number of rotatable bonds is 3. The molecule has 1 fully saturated rings. The zero-order valence-electron chi connectivity index (χ0n) is 20.6. The van der Waals surface area contributed by atoms with Crippen LogP contribution in [0, 0.1) is 6.92 Å². The molecule has 4 aromatic rings. The van der Waals surface area contributed by atoms with Gasteiger partial charge >= 0.3 is 6.09 Å². The maximum Gasteiger partial charge on any atom is 0.410 e. The van der Waals surface area contributed by atoms with Crippen LogP contribution in [0.5, 0.6) is 0 Å². The van der Waals surface area contributed by atoms with E-state index in [9.17, 15) is 9.59 Å². The van der Waals surface area contributed by atoms with Gasteiger partial charge in [0.15, 0.2) is 5.65 Å². The summed E-state index contributed by atoms with van der Waals surface area (Å²) in [5.74, 6) is 0.146. The Hall–Kier alpha value is -3.95. The topological polar surface area (TPSA) is 107 Å². The van der Waals surface area contributed by atoms with Gasteiger partial charge in [0.2, 0.25) is 0 Å². The normalized spacial score (nSPS) is 16.3. The number of aryl methyl sites for hydroxylation is 2. The number of nitrogens with one attached hydrogen (secondary N) is 1. The van der Waals surface area contributed by atoms with E-state index in [-0.39, 0.29) is 18.0 Å². The van der Waals surface area contributed by atoms with Crippen molar-refractivity contribution in [1.29, 1.82) is 0 Å². The molecule has 2 amide bonds. The minimum Gasteiger partial charge on any atom is -0.444 e. The number of imidazole rings is 1. The molecule has 10 nitrogen and oxygen atoms in total. The monoisotopic (exact) mass is 475 g/mol. The second kappa shape index (κ2) is 8.37. The fraction of sp³-hybridized carbons (Fsp3) is 0.400. The van der Waals surface area contributed by atoms with Crippen LogP contribution in [0.25, 0.3) is 16.6 Å². The molecule has 0 bridgehead atoms. The van der Waals surface area contributed by atoms with Crippen molar-refractivity contribution in [3.8, 4) is 0 Å². The Kier molecular flexibility index (Phi) is 5.46. The number of hydrogen-bond donors (Lipinski definition) is 1. The summed E-state index contributed by atoms with van der Waals surface area (Å²) < 4.78 is 9.16. The van der Waals surface area contributed by atoms with Crippen molar-refractivity contribution >= 4 is 34.4 Å². The summed E-state index contributed by atoms with van der Waals surface area (Å²) in [4.78, 5) is 36.3. The predicted molar refractivity (Wildman–Crippen MR) is 131 cm³/mol. The molecule has 0 spiro atoms. The lowest BCUT2D eigenvalue weighted by atomic mass is 10.1. The molecule has 0 unspecified atom stereocenters. The summed E-state index contributed by atoms with van der Waals surface area (Å²) in [6.45, 7) is 8.15. The molecular weight excluding hydrogens is 446 g/mol. The summed E-state index contributed by atoms with van der Waals surface area (Å²) >= 11 is 0. The number of aromatic nitrogens is 5. The average Bonchev–Trinajstić information content (AvgIpc) is 3.49. The van der Waals surface area contributed by atoms with Gasteiger partial charge in [-0.15, -0.1) is 0 Å². The highest BCUT2D eigenvalue weighted by Gasteiger charge is 2.34. The van der Waals surface area contributed by atoms with E-state index in [1.807, 2.05) is 57.5 Å². The van der Waals surface area contributed by atoms with Crippen molar-refractivity contribution in [3.05, 3.63) is 53.7 Å². The van der Waals surface area contributed by atoms with Crippen LogP contribution in [0.3, 0.4) is 0 Å². The third-order valence-electron chi connectivity index (χ3n) is 6.12. The molecule has 182 valence electrons. The second-order valence-corrected chi connectivity index (χ2v) is 9.93. The van der Waals surface area contributed by atoms with Gasteiger partial charge in [-0.1, -0.05) is 6.07 Å². The Bertz CT molecular complexity index is 1450. The van der Waals surface area contributed by atoms with Gasteiger partial charge in [0.1, 0.15) is 11.4 Å². The molecule has 5 rings (SSSR count). The zero-order valence-corrected chi connectivity index (χ0v) is 20.6. The first-order chi connectivity index (χ1) is 16.6. The van der Waals surface area contributed by atoms with Gasteiger partial charge in [-0.2, -0.15) is 5.10 Å². The van der Waals surface area contributed by atoms with E-state index in [4.69, 9.17) is 4.74 Å². The van der Waals surface area contributed by atoms with Crippen LogP contribution in [0.1, 0.15) is 61.4 Å². The van der Waals surface area contributed by atoms with Crippen LogP contribution in [0.15, 0.2) is 36.8 Å². The third-order valence-corrected chi connectivity index (χ3v) is 6.12. The maximum atomic E-state index is 12.9. The van der Waals surface area contributed by atoms with Crippen LogP contribution >= 0.6 is 0 Å². The summed E-state index contributed by atoms with van der Waals surface area (Å²) in [5.41, 5.74) is 3.19. The molecule has 10 heteroatoms. The molecular formula is C25H29N7O3. The summed E-state index contributed by atoms with van der Waals surface area (Å²) in [7, 11) is 1.86. The third kappa shape index (κ3) is 4.43. The minimum atomic E-state index is -0.555. The number of carbonyl (C=O) groups excluding carboxylic acids is 2. The number of carbonyl (C=O) groups is 2. The molecule has 35 heavy (non-hydrogen) atoms. The Morgan fingerprint density at radius 2 is 2.00 bits per heavy atom. The number of likely N-dealkylation sites (tertiary alicyclic amines) is 1. The SMILES string of the molecule is Cc1nn(C)c2cc(C(=O)Nc3cn4cc([C@H]5CCCN5C(=O)OC(C)(C)C)nc4cn3)ccc12. The Morgan fingerprint density at radius 1 is 1.20 bits per heavy atom. The number of nitrogens with zero attached hydrogens (tertiary/aromatic N) is 6. The Labute approximate surface area is 202 Å². The van der Waals surface area contributed by atoms with Crippen molar-refractivity contribution in [2.75, 3.05) is 11.9 Å². The Morgan fingerprint density at radius 3 is 2.77 bits per heavy atom. The molecule has 1 aliphatic heterocycles. The van der Waals surface area contributed by atoms with E-state index < -0.39 is 5.60 Å². The van der Waals surface area contributed by atoms with Crippen LogP contribution < -0.4 is 5.32 Å². The van der Waals surface area contributed by atoms with Gasteiger partial charge in [0.25, 0.3) is 5.91 Å². The lowest BCUT2D eigenvalue weighted by molar-refractivity contribution is 0.0221. The highest BCUT2D eigenvalue weighted by molar-refractivity contribution is 6.05. The molecule has 4 heterocycles. The largest absolute Gasteiger partial charge is 0.444 e. The highest BCUT2D eigenvalue weighted by atomic mass is 16.6. The lowest BCUT2D eigenvalue weighted by Gasteiger charge is -2.27. The molecule has 3 aromatic heterocycles. The zero-order chi connectivity index (χ0) is 24.9. The molecule has 0 radical (unpaired) electrons. The van der Waals surface area contributed by atoms with Gasteiger partial charge in [-0.3, -0.25) is 14.4 Å². The first-order valence-electron chi connectivity index (χ1n) is 11.7. The van der Waals surface area contributed by atoms with Crippen molar-refractivity contribution in [2.45, 2.75) is 52.2 Å².